The Hall–Kier alpha value is -3.87. The summed E-state index contributed by atoms with van der Waals surface area (Å²) in [6, 6.07) is 5.39. The molecule has 2 atom stereocenters. The fourth-order valence-corrected chi connectivity index (χ4v) is 4.50. The van der Waals surface area contributed by atoms with Crippen LogP contribution < -0.4 is 4.90 Å². The maximum Gasteiger partial charge on any atom is 0.274 e. The molecule has 0 spiro atoms. The molecule has 8 nitrogen and oxygen atoms in total. The third-order valence-electron chi connectivity index (χ3n) is 6.58. The van der Waals surface area contributed by atoms with Gasteiger partial charge in [-0.3, -0.25) is 4.79 Å². The fourth-order valence-electron chi connectivity index (χ4n) is 4.50. The highest BCUT2D eigenvalue weighted by molar-refractivity contribution is 5.93. The van der Waals surface area contributed by atoms with E-state index in [-0.39, 0.29) is 35.4 Å². The smallest absolute Gasteiger partial charge is 0.274 e. The number of piperidine rings is 1. The van der Waals surface area contributed by atoms with Crippen molar-refractivity contribution in [3.8, 4) is 11.8 Å². The molecule has 0 N–H and O–H groups in total. The van der Waals surface area contributed by atoms with E-state index in [0.29, 0.717) is 18.9 Å². The number of halogens is 2. The molecular weight excluding hydrogens is 452 g/mol. The number of hydrogen-bond acceptors (Lipinski definition) is 6. The molecule has 180 valence electrons. The predicted octanol–water partition coefficient (Wildman–Crippen LogP) is 3.46. The molecule has 2 fully saturated rings. The zero-order valence-electron chi connectivity index (χ0n) is 19.3. The summed E-state index contributed by atoms with van der Waals surface area (Å²) in [6.07, 6.45) is 8.00. The first kappa shape index (κ1) is 22.9. The molecule has 1 aromatic carbocycles. The summed E-state index contributed by atoms with van der Waals surface area (Å²) in [6.45, 7) is 2.67. The van der Waals surface area contributed by atoms with Crippen LogP contribution >= 0.6 is 0 Å². The van der Waals surface area contributed by atoms with E-state index in [0.717, 1.165) is 30.9 Å². The number of aromatic nitrogens is 4. The van der Waals surface area contributed by atoms with Crippen LogP contribution in [0.25, 0.3) is 5.69 Å². The molecule has 0 bridgehead atoms. The number of carbonyl (C=O) groups is 1. The van der Waals surface area contributed by atoms with E-state index in [2.05, 4.69) is 15.0 Å². The Balaban J connectivity index is 1.32. The Bertz CT molecular complexity index is 1270. The molecule has 5 rings (SSSR count). The van der Waals surface area contributed by atoms with Crippen molar-refractivity contribution in [1.82, 2.24) is 24.4 Å². The summed E-state index contributed by atoms with van der Waals surface area (Å²) in [4.78, 5) is 29.8. The number of rotatable bonds is 6. The number of aryl methyl sites for hydroxylation is 1. The Morgan fingerprint density at radius 1 is 1.23 bits per heavy atom. The van der Waals surface area contributed by atoms with E-state index in [9.17, 15) is 9.18 Å². The van der Waals surface area contributed by atoms with E-state index in [4.69, 9.17) is 5.26 Å². The van der Waals surface area contributed by atoms with Crippen LogP contribution in [0, 0.1) is 17.1 Å². The molecule has 0 radical (unpaired) electrons. The highest BCUT2D eigenvalue weighted by atomic mass is 19.1. The first-order valence-corrected chi connectivity index (χ1v) is 11.7. The number of nitrogens with zero attached hydrogens (tertiary/aromatic N) is 7. The van der Waals surface area contributed by atoms with Gasteiger partial charge < -0.3 is 14.4 Å². The second-order valence-electron chi connectivity index (χ2n) is 8.95. The summed E-state index contributed by atoms with van der Waals surface area (Å²) >= 11 is 0. The van der Waals surface area contributed by atoms with Crippen molar-refractivity contribution in [2.45, 2.75) is 50.9 Å². The third-order valence-corrected chi connectivity index (χ3v) is 6.58. The molecule has 3 heterocycles. The molecular formula is C25H25F2N7O. The first-order chi connectivity index (χ1) is 17.0. The van der Waals surface area contributed by atoms with E-state index in [1.807, 2.05) is 17.9 Å². The van der Waals surface area contributed by atoms with Gasteiger partial charge in [-0.05, 0) is 49.4 Å². The Kier molecular flexibility index (Phi) is 6.16. The maximum absolute atomic E-state index is 15.4. The Morgan fingerprint density at radius 2 is 2.00 bits per heavy atom. The van der Waals surface area contributed by atoms with Gasteiger partial charge in [0.25, 0.3) is 5.91 Å². The average molecular weight is 478 g/mol. The van der Waals surface area contributed by atoms with Crippen LogP contribution in [-0.4, -0.2) is 61.7 Å². The number of benzene rings is 1. The second kappa shape index (κ2) is 9.41. The van der Waals surface area contributed by atoms with Crippen molar-refractivity contribution in [1.29, 1.82) is 5.26 Å². The minimum Gasteiger partial charge on any atom is -0.338 e. The summed E-state index contributed by atoms with van der Waals surface area (Å²) < 4.78 is 31.3. The standard InChI is InChI=1S/C25H25F2N7O/c1-2-16-11-29-25(30-12-16)32-8-7-23(20(27)13-32)34(18-4-5-18)24(35)21-14-33(15-31-21)22-6-3-17(10-28)9-19(22)26/h3,6,9,11-12,14-15,18,20,23H,2,4-5,7-8,13H2,1H3/t20-,23-/m1/s1. The van der Waals surface area contributed by atoms with Gasteiger partial charge in [0.15, 0.2) is 0 Å². The number of imidazole rings is 1. The van der Waals surface area contributed by atoms with Gasteiger partial charge in [-0.1, -0.05) is 6.92 Å². The molecule has 3 aromatic rings. The SMILES string of the molecule is CCc1cnc(N2CC[C@@H](N(C(=O)c3cn(-c4ccc(C#N)cc4F)cn3)C3CC3)[C@H](F)C2)nc1. The molecule has 1 aliphatic carbocycles. The van der Waals surface area contributed by atoms with Crippen molar-refractivity contribution >= 4 is 11.9 Å². The van der Waals surface area contributed by atoms with Crippen LogP contribution in [0.15, 0.2) is 43.1 Å². The molecule has 1 saturated carbocycles. The van der Waals surface area contributed by atoms with Gasteiger partial charge in [0.2, 0.25) is 5.95 Å². The van der Waals surface area contributed by atoms with Gasteiger partial charge in [-0.25, -0.2) is 23.7 Å². The molecule has 35 heavy (non-hydrogen) atoms. The van der Waals surface area contributed by atoms with Gasteiger partial charge in [0.1, 0.15) is 24.0 Å². The lowest BCUT2D eigenvalue weighted by Gasteiger charge is -2.40. The topological polar surface area (TPSA) is 90.9 Å². The molecule has 1 saturated heterocycles. The van der Waals surface area contributed by atoms with Crippen molar-refractivity contribution in [3.05, 3.63) is 65.8 Å². The van der Waals surface area contributed by atoms with Gasteiger partial charge in [-0.15, -0.1) is 0 Å². The van der Waals surface area contributed by atoms with Crippen LogP contribution in [0.4, 0.5) is 14.7 Å². The van der Waals surface area contributed by atoms with Crippen LogP contribution in [0.5, 0.6) is 0 Å². The number of carbonyl (C=O) groups excluding carboxylic acids is 1. The van der Waals surface area contributed by atoms with Gasteiger partial charge in [0.05, 0.1) is 29.9 Å². The quantitative estimate of drug-likeness (QED) is 0.540. The molecule has 0 unspecified atom stereocenters. The average Bonchev–Trinajstić information content (AvgIpc) is 3.59. The van der Waals surface area contributed by atoms with Crippen LogP contribution in [0.2, 0.25) is 0 Å². The van der Waals surface area contributed by atoms with Crippen molar-refractivity contribution in [3.63, 3.8) is 0 Å². The van der Waals surface area contributed by atoms with Gasteiger partial charge >= 0.3 is 0 Å². The number of amides is 1. The minimum atomic E-state index is -1.26. The first-order valence-electron chi connectivity index (χ1n) is 11.7. The van der Waals surface area contributed by atoms with Crippen LogP contribution in [0.1, 0.15) is 47.8 Å². The lowest BCUT2D eigenvalue weighted by molar-refractivity contribution is 0.0481. The van der Waals surface area contributed by atoms with Crippen LogP contribution in [0.3, 0.4) is 0 Å². The second-order valence-corrected chi connectivity index (χ2v) is 8.95. The molecule has 10 heteroatoms. The van der Waals surface area contributed by atoms with Crippen molar-refractivity contribution < 1.29 is 13.6 Å². The summed E-state index contributed by atoms with van der Waals surface area (Å²) in [5.74, 6) is -0.453. The fraction of sp³-hybridized carbons (Fsp3) is 0.400. The van der Waals surface area contributed by atoms with E-state index in [1.165, 1.54) is 29.2 Å². The highest BCUT2D eigenvalue weighted by Gasteiger charge is 2.44. The highest BCUT2D eigenvalue weighted by Crippen LogP contribution is 2.34. The summed E-state index contributed by atoms with van der Waals surface area (Å²) in [7, 11) is 0. The molecule has 2 aliphatic rings. The number of alkyl halides is 1. The molecule has 1 aliphatic heterocycles. The third kappa shape index (κ3) is 4.58. The maximum atomic E-state index is 15.4. The Morgan fingerprint density at radius 3 is 2.63 bits per heavy atom. The summed E-state index contributed by atoms with van der Waals surface area (Å²) in [5, 5.41) is 8.94. The van der Waals surface area contributed by atoms with E-state index >= 15 is 4.39 Å². The van der Waals surface area contributed by atoms with Crippen molar-refractivity contribution in [2.24, 2.45) is 0 Å². The summed E-state index contributed by atoms with van der Waals surface area (Å²) in [5.41, 5.74) is 1.54. The normalized spacial score (nSPS) is 19.9. The van der Waals surface area contributed by atoms with Crippen LogP contribution in [-0.2, 0) is 6.42 Å². The molecule has 2 aromatic heterocycles. The van der Waals surface area contributed by atoms with Gasteiger partial charge in [0, 0.05) is 31.2 Å². The van der Waals surface area contributed by atoms with E-state index < -0.39 is 18.0 Å². The predicted molar refractivity (Wildman–Crippen MR) is 124 cm³/mol. The molecule has 1 amide bonds. The lowest BCUT2D eigenvalue weighted by atomic mass is 10.0. The lowest BCUT2D eigenvalue weighted by Crippen LogP contribution is -2.55. The van der Waals surface area contributed by atoms with Gasteiger partial charge in [-0.2, -0.15) is 5.26 Å². The van der Waals surface area contributed by atoms with E-state index in [1.54, 1.807) is 17.3 Å². The number of anilines is 1. The Labute approximate surface area is 201 Å². The van der Waals surface area contributed by atoms with Crippen molar-refractivity contribution in [2.75, 3.05) is 18.0 Å². The largest absolute Gasteiger partial charge is 0.338 e. The zero-order chi connectivity index (χ0) is 24.5. The minimum absolute atomic E-state index is 0.0193. The number of hydrogen-bond donors (Lipinski definition) is 0. The zero-order valence-corrected chi connectivity index (χ0v) is 19.3. The number of nitriles is 1. The monoisotopic (exact) mass is 477 g/mol.